The first-order valence-electron chi connectivity index (χ1n) is 7.33. The molecule has 0 saturated carbocycles. The minimum atomic E-state index is -0.378. The van der Waals surface area contributed by atoms with E-state index in [1.807, 2.05) is 53.2 Å². The molecule has 0 saturated heterocycles. The molecule has 24 heavy (non-hydrogen) atoms. The number of nitrogens with zero attached hydrogens (tertiary/aromatic N) is 2. The third-order valence-electron chi connectivity index (χ3n) is 3.50. The lowest BCUT2D eigenvalue weighted by Gasteiger charge is -2.06. The van der Waals surface area contributed by atoms with Crippen LogP contribution in [-0.4, -0.2) is 23.9 Å². The fraction of sp³-hybridized carbons (Fsp3) is 0.0526. The number of halogens is 1. The monoisotopic (exact) mass is 338 g/mol. The van der Waals surface area contributed by atoms with E-state index in [0.717, 1.165) is 11.4 Å². The van der Waals surface area contributed by atoms with Crippen LogP contribution in [0.1, 0.15) is 16.1 Å². The van der Waals surface area contributed by atoms with Gasteiger partial charge in [0.25, 0.3) is 0 Å². The van der Waals surface area contributed by atoms with Gasteiger partial charge in [0.2, 0.25) is 0 Å². The number of aromatic nitrogens is 1. The number of carbonyl (C=O) groups is 1. The van der Waals surface area contributed by atoms with Crippen molar-refractivity contribution in [1.29, 1.82) is 0 Å². The van der Waals surface area contributed by atoms with Gasteiger partial charge in [0.15, 0.2) is 0 Å². The van der Waals surface area contributed by atoms with E-state index in [2.05, 4.69) is 4.99 Å². The van der Waals surface area contributed by atoms with E-state index < -0.39 is 0 Å². The van der Waals surface area contributed by atoms with Crippen molar-refractivity contribution in [1.82, 2.24) is 4.57 Å². The lowest BCUT2D eigenvalue weighted by atomic mass is 10.2. The van der Waals surface area contributed by atoms with Crippen LogP contribution in [0.5, 0.6) is 0 Å². The van der Waals surface area contributed by atoms with Crippen molar-refractivity contribution in [3.63, 3.8) is 0 Å². The molecule has 0 fully saturated rings. The van der Waals surface area contributed by atoms with Crippen LogP contribution >= 0.6 is 11.6 Å². The Morgan fingerprint density at radius 3 is 2.67 bits per heavy atom. The first-order valence-corrected chi connectivity index (χ1v) is 7.71. The van der Waals surface area contributed by atoms with Crippen molar-refractivity contribution in [2.75, 3.05) is 7.11 Å². The number of esters is 1. The number of benzene rings is 2. The minimum absolute atomic E-state index is 0.378. The van der Waals surface area contributed by atoms with Crippen LogP contribution in [0, 0.1) is 0 Å². The summed E-state index contributed by atoms with van der Waals surface area (Å²) in [5.41, 5.74) is 3.07. The SMILES string of the molecule is COC(=O)c1cccc(N=Cc2cccn2-c2ccc(Cl)cc2)c1. The van der Waals surface area contributed by atoms with Crippen LogP contribution < -0.4 is 0 Å². The zero-order valence-electron chi connectivity index (χ0n) is 13.0. The number of aliphatic imine (C=N–C) groups is 1. The second kappa shape index (κ2) is 7.15. The average molecular weight is 339 g/mol. The van der Waals surface area contributed by atoms with E-state index in [1.165, 1.54) is 7.11 Å². The largest absolute Gasteiger partial charge is 0.465 e. The maximum Gasteiger partial charge on any atom is 0.337 e. The van der Waals surface area contributed by atoms with Gasteiger partial charge in [0.1, 0.15) is 0 Å². The smallest absolute Gasteiger partial charge is 0.337 e. The summed E-state index contributed by atoms with van der Waals surface area (Å²) < 4.78 is 6.73. The Kier molecular flexibility index (Phi) is 4.77. The van der Waals surface area contributed by atoms with Crippen molar-refractivity contribution >= 4 is 29.5 Å². The van der Waals surface area contributed by atoms with Gasteiger partial charge >= 0.3 is 5.97 Å². The van der Waals surface area contributed by atoms with Gasteiger partial charge in [-0.15, -0.1) is 0 Å². The van der Waals surface area contributed by atoms with Crippen LogP contribution in [0.4, 0.5) is 5.69 Å². The first kappa shape index (κ1) is 16.0. The third kappa shape index (κ3) is 3.55. The molecule has 0 spiro atoms. The highest BCUT2D eigenvalue weighted by Crippen LogP contribution is 2.18. The van der Waals surface area contributed by atoms with E-state index in [0.29, 0.717) is 16.3 Å². The Labute approximate surface area is 145 Å². The molecule has 1 aromatic heterocycles. The molecule has 0 amide bonds. The van der Waals surface area contributed by atoms with Gasteiger partial charge in [-0.05, 0) is 54.6 Å². The van der Waals surface area contributed by atoms with E-state index in [1.54, 1.807) is 24.4 Å². The van der Waals surface area contributed by atoms with Crippen molar-refractivity contribution in [2.24, 2.45) is 4.99 Å². The number of hydrogen-bond acceptors (Lipinski definition) is 3. The normalized spacial score (nSPS) is 10.9. The van der Waals surface area contributed by atoms with Gasteiger partial charge in [-0.1, -0.05) is 17.7 Å². The molecule has 0 unspecified atom stereocenters. The highest BCUT2D eigenvalue weighted by atomic mass is 35.5. The summed E-state index contributed by atoms with van der Waals surface area (Å²) in [6.07, 6.45) is 3.71. The predicted octanol–water partition coefficient (Wildman–Crippen LogP) is 4.67. The summed E-state index contributed by atoms with van der Waals surface area (Å²) in [6.45, 7) is 0. The highest BCUT2D eigenvalue weighted by Gasteiger charge is 2.05. The molecule has 0 aliphatic rings. The molecule has 0 atom stereocenters. The van der Waals surface area contributed by atoms with Gasteiger partial charge in [0.05, 0.1) is 30.3 Å². The van der Waals surface area contributed by atoms with Crippen LogP contribution in [0.2, 0.25) is 5.02 Å². The molecule has 0 radical (unpaired) electrons. The van der Waals surface area contributed by atoms with Crippen molar-refractivity contribution in [2.45, 2.75) is 0 Å². The second-order valence-corrected chi connectivity index (χ2v) is 5.52. The molecule has 5 heteroatoms. The molecule has 4 nitrogen and oxygen atoms in total. The van der Waals surface area contributed by atoms with Crippen LogP contribution in [0.15, 0.2) is 71.9 Å². The molecule has 0 bridgehead atoms. The quantitative estimate of drug-likeness (QED) is 0.512. The Morgan fingerprint density at radius 2 is 1.92 bits per heavy atom. The molecule has 2 aromatic carbocycles. The summed E-state index contributed by atoms with van der Waals surface area (Å²) >= 11 is 5.93. The number of rotatable bonds is 4. The van der Waals surface area contributed by atoms with Crippen molar-refractivity contribution in [3.8, 4) is 5.69 Å². The summed E-state index contributed by atoms with van der Waals surface area (Å²) in [6, 6.07) is 18.5. The van der Waals surface area contributed by atoms with Gasteiger partial charge in [-0.2, -0.15) is 0 Å². The van der Waals surface area contributed by atoms with Crippen LogP contribution in [0.3, 0.4) is 0 Å². The van der Waals surface area contributed by atoms with Gasteiger partial charge in [0, 0.05) is 16.9 Å². The molecule has 3 aromatic rings. The summed E-state index contributed by atoms with van der Waals surface area (Å²) in [5.74, 6) is -0.378. The fourth-order valence-corrected chi connectivity index (χ4v) is 2.43. The van der Waals surface area contributed by atoms with Crippen LogP contribution in [-0.2, 0) is 4.74 Å². The van der Waals surface area contributed by atoms with E-state index in [9.17, 15) is 4.79 Å². The van der Waals surface area contributed by atoms with E-state index in [4.69, 9.17) is 16.3 Å². The number of ether oxygens (including phenoxy) is 1. The summed E-state index contributed by atoms with van der Waals surface area (Å²) in [7, 11) is 1.36. The Bertz CT molecular complexity index is 882. The average Bonchev–Trinajstić information content (AvgIpc) is 3.08. The highest BCUT2D eigenvalue weighted by molar-refractivity contribution is 6.30. The van der Waals surface area contributed by atoms with Crippen LogP contribution in [0.25, 0.3) is 5.69 Å². The minimum Gasteiger partial charge on any atom is -0.465 e. The van der Waals surface area contributed by atoms with Crippen molar-refractivity contribution < 1.29 is 9.53 Å². The first-order chi connectivity index (χ1) is 11.7. The molecule has 0 aliphatic heterocycles. The zero-order valence-corrected chi connectivity index (χ0v) is 13.8. The lowest BCUT2D eigenvalue weighted by molar-refractivity contribution is 0.0601. The zero-order chi connectivity index (χ0) is 16.9. The molecule has 0 N–H and O–H groups in total. The number of hydrogen-bond donors (Lipinski definition) is 0. The second-order valence-electron chi connectivity index (χ2n) is 5.08. The van der Waals surface area contributed by atoms with Gasteiger partial charge < -0.3 is 9.30 Å². The maximum atomic E-state index is 11.6. The molecular weight excluding hydrogens is 324 g/mol. The number of methoxy groups -OCH3 is 1. The topological polar surface area (TPSA) is 43.6 Å². The standard InChI is InChI=1S/C19H15ClN2O2/c1-24-19(23)14-4-2-5-16(12-14)21-13-18-6-3-11-22(18)17-9-7-15(20)8-10-17/h2-13H,1H3. The summed E-state index contributed by atoms with van der Waals surface area (Å²) in [5, 5.41) is 0.695. The molecule has 0 aliphatic carbocycles. The van der Waals surface area contributed by atoms with Gasteiger partial charge in [-0.3, -0.25) is 4.99 Å². The Morgan fingerprint density at radius 1 is 1.12 bits per heavy atom. The summed E-state index contributed by atoms with van der Waals surface area (Å²) in [4.78, 5) is 16.0. The maximum absolute atomic E-state index is 11.6. The lowest BCUT2D eigenvalue weighted by Crippen LogP contribution is -2.00. The molecule has 3 rings (SSSR count). The predicted molar refractivity (Wildman–Crippen MR) is 95.8 cm³/mol. The van der Waals surface area contributed by atoms with Crippen molar-refractivity contribution in [3.05, 3.63) is 83.1 Å². The number of carbonyl (C=O) groups excluding carboxylic acids is 1. The Balaban J connectivity index is 1.87. The third-order valence-corrected chi connectivity index (χ3v) is 3.75. The molecule has 120 valence electrons. The molecule has 1 heterocycles. The fourth-order valence-electron chi connectivity index (χ4n) is 2.31. The van der Waals surface area contributed by atoms with E-state index >= 15 is 0 Å². The van der Waals surface area contributed by atoms with E-state index in [-0.39, 0.29) is 5.97 Å². The van der Waals surface area contributed by atoms with Gasteiger partial charge in [-0.25, -0.2) is 4.79 Å². The molecular formula is C19H15ClN2O2. The Hall–Kier alpha value is -2.85.